The van der Waals surface area contributed by atoms with Crippen LogP contribution in [0.25, 0.3) is 6.08 Å². The second-order valence-corrected chi connectivity index (χ2v) is 6.39. The summed E-state index contributed by atoms with van der Waals surface area (Å²) < 4.78 is 4.87. The lowest BCUT2D eigenvalue weighted by atomic mass is 10.1. The first-order valence-corrected chi connectivity index (χ1v) is 7.82. The Hall–Kier alpha value is -1.75. The van der Waals surface area contributed by atoms with Crippen molar-refractivity contribution >= 4 is 29.7 Å². The first kappa shape index (κ1) is 17.3. The van der Waals surface area contributed by atoms with E-state index in [0.717, 1.165) is 10.5 Å². The van der Waals surface area contributed by atoms with E-state index in [-0.39, 0.29) is 18.1 Å². The molecule has 0 fully saturated rings. The zero-order valence-corrected chi connectivity index (χ0v) is 13.6. The maximum absolute atomic E-state index is 11.5. The third-order valence-electron chi connectivity index (χ3n) is 2.39. The van der Waals surface area contributed by atoms with E-state index in [0.29, 0.717) is 0 Å². The smallest absolute Gasteiger partial charge is 0.331 e. The van der Waals surface area contributed by atoms with Crippen LogP contribution in [-0.4, -0.2) is 30.3 Å². The molecule has 0 heterocycles. The molecule has 21 heavy (non-hydrogen) atoms. The molecule has 0 aliphatic carbocycles. The van der Waals surface area contributed by atoms with Crippen molar-refractivity contribution in [3.05, 3.63) is 35.9 Å². The maximum Gasteiger partial charge on any atom is 0.331 e. The second kappa shape index (κ2) is 7.88. The molecule has 0 aliphatic rings. The first-order chi connectivity index (χ1) is 9.80. The van der Waals surface area contributed by atoms with Gasteiger partial charge in [0.1, 0.15) is 0 Å². The third-order valence-corrected chi connectivity index (χ3v) is 3.13. The summed E-state index contributed by atoms with van der Waals surface area (Å²) in [5, 5.41) is 2.72. The quantitative estimate of drug-likeness (QED) is 0.516. The second-order valence-electron chi connectivity index (χ2n) is 5.51. The van der Waals surface area contributed by atoms with E-state index in [4.69, 9.17) is 4.74 Å². The van der Waals surface area contributed by atoms with Gasteiger partial charge in [0.15, 0.2) is 6.61 Å². The Morgan fingerprint density at radius 3 is 2.38 bits per heavy atom. The Kier molecular flexibility index (Phi) is 6.49. The van der Waals surface area contributed by atoms with E-state index in [1.807, 2.05) is 51.3 Å². The van der Waals surface area contributed by atoms with Gasteiger partial charge in [0.2, 0.25) is 0 Å². The number of thioether (sulfide) groups is 1. The van der Waals surface area contributed by atoms with E-state index < -0.39 is 5.97 Å². The van der Waals surface area contributed by atoms with Crippen LogP contribution in [0.4, 0.5) is 0 Å². The number of hydrogen-bond acceptors (Lipinski definition) is 4. The average Bonchev–Trinajstić information content (AvgIpc) is 2.41. The van der Waals surface area contributed by atoms with Crippen LogP contribution in [0.15, 0.2) is 35.2 Å². The van der Waals surface area contributed by atoms with Gasteiger partial charge in [-0.15, -0.1) is 11.8 Å². The van der Waals surface area contributed by atoms with Crippen LogP contribution < -0.4 is 5.32 Å². The van der Waals surface area contributed by atoms with Crippen LogP contribution in [-0.2, 0) is 14.3 Å². The van der Waals surface area contributed by atoms with Gasteiger partial charge in [-0.1, -0.05) is 12.1 Å². The highest BCUT2D eigenvalue weighted by atomic mass is 32.2. The lowest BCUT2D eigenvalue weighted by molar-refractivity contribution is -0.144. The minimum Gasteiger partial charge on any atom is -0.452 e. The van der Waals surface area contributed by atoms with Crippen LogP contribution in [0.1, 0.15) is 26.3 Å². The molecular formula is C16H21NO3S. The van der Waals surface area contributed by atoms with Crippen molar-refractivity contribution in [2.75, 3.05) is 12.9 Å². The first-order valence-electron chi connectivity index (χ1n) is 6.60. The van der Waals surface area contributed by atoms with Gasteiger partial charge in [-0.05, 0) is 50.8 Å². The summed E-state index contributed by atoms with van der Waals surface area (Å²) in [6.07, 6.45) is 4.98. The minimum absolute atomic E-state index is 0.272. The topological polar surface area (TPSA) is 55.4 Å². The Balaban J connectivity index is 2.42. The van der Waals surface area contributed by atoms with Crippen molar-refractivity contribution in [3.63, 3.8) is 0 Å². The summed E-state index contributed by atoms with van der Waals surface area (Å²) in [5.74, 6) is -0.846. The highest BCUT2D eigenvalue weighted by molar-refractivity contribution is 7.98. The molecule has 0 saturated heterocycles. The molecule has 1 amide bonds. The van der Waals surface area contributed by atoms with Crippen LogP contribution in [0.5, 0.6) is 0 Å². The molecule has 0 radical (unpaired) electrons. The Bertz CT molecular complexity index is 515. The molecule has 1 N–H and O–H groups in total. The zero-order chi connectivity index (χ0) is 15.9. The Labute approximate surface area is 130 Å². The molecule has 0 aliphatic heterocycles. The summed E-state index contributed by atoms with van der Waals surface area (Å²) in [6, 6.07) is 7.79. The standard InChI is InChI=1S/C16H21NO3S/c1-16(2,3)17-14(18)11-20-15(19)10-7-12-5-8-13(21-4)9-6-12/h5-10H,11H2,1-4H3,(H,17,18)/b10-7+. The van der Waals surface area contributed by atoms with Gasteiger partial charge in [-0.3, -0.25) is 4.79 Å². The number of carbonyl (C=O) groups is 2. The van der Waals surface area contributed by atoms with Crippen molar-refractivity contribution < 1.29 is 14.3 Å². The molecular weight excluding hydrogens is 286 g/mol. The Morgan fingerprint density at radius 2 is 1.86 bits per heavy atom. The van der Waals surface area contributed by atoms with Crippen molar-refractivity contribution in [1.29, 1.82) is 0 Å². The van der Waals surface area contributed by atoms with Gasteiger partial charge in [-0.25, -0.2) is 4.79 Å². The predicted molar refractivity (Wildman–Crippen MR) is 86.1 cm³/mol. The molecule has 0 bridgehead atoms. The van der Waals surface area contributed by atoms with Gasteiger partial charge in [0.05, 0.1) is 0 Å². The molecule has 0 unspecified atom stereocenters. The third kappa shape index (κ3) is 7.56. The van der Waals surface area contributed by atoms with Crippen molar-refractivity contribution in [1.82, 2.24) is 5.32 Å². The number of carbonyl (C=O) groups excluding carboxylic acids is 2. The lowest BCUT2D eigenvalue weighted by Gasteiger charge is -2.20. The normalized spacial score (nSPS) is 11.4. The fourth-order valence-electron chi connectivity index (χ4n) is 1.52. The van der Waals surface area contributed by atoms with Crippen LogP contribution >= 0.6 is 11.8 Å². The van der Waals surface area contributed by atoms with Gasteiger partial charge < -0.3 is 10.1 Å². The van der Waals surface area contributed by atoms with Crippen LogP contribution in [0, 0.1) is 0 Å². The van der Waals surface area contributed by atoms with Crippen molar-refractivity contribution in [3.8, 4) is 0 Å². The molecule has 5 heteroatoms. The highest BCUT2D eigenvalue weighted by Gasteiger charge is 2.14. The number of benzene rings is 1. The fourth-order valence-corrected chi connectivity index (χ4v) is 1.93. The van der Waals surface area contributed by atoms with Crippen molar-refractivity contribution in [2.45, 2.75) is 31.2 Å². The average molecular weight is 307 g/mol. The van der Waals surface area contributed by atoms with Gasteiger partial charge in [0, 0.05) is 16.5 Å². The Morgan fingerprint density at radius 1 is 1.24 bits per heavy atom. The SMILES string of the molecule is CSc1ccc(/C=C/C(=O)OCC(=O)NC(C)(C)C)cc1. The van der Waals surface area contributed by atoms with Crippen LogP contribution in [0.3, 0.4) is 0 Å². The summed E-state index contributed by atoms with van der Waals surface area (Å²) in [7, 11) is 0. The molecule has 1 rings (SSSR count). The van der Waals surface area contributed by atoms with Gasteiger partial charge in [0.25, 0.3) is 5.91 Å². The summed E-state index contributed by atoms with van der Waals surface area (Å²) in [5.41, 5.74) is 0.571. The predicted octanol–water partition coefficient (Wildman–Crippen LogP) is 2.88. The molecule has 114 valence electrons. The van der Waals surface area contributed by atoms with Crippen molar-refractivity contribution in [2.24, 2.45) is 0 Å². The number of amides is 1. The number of ether oxygens (including phenoxy) is 1. The molecule has 0 spiro atoms. The number of hydrogen-bond donors (Lipinski definition) is 1. The molecule has 0 aromatic heterocycles. The number of nitrogens with one attached hydrogen (secondary N) is 1. The van der Waals surface area contributed by atoms with Gasteiger partial charge in [-0.2, -0.15) is 0 Å². The summed E-state index contributed by atoms with van der Waals surface area (Å²) >= 11 is 1.66. The largest absolute Gasteiger partial charge is 0.452 e. The van der Waals surface area contributed by atoms with E-state index in [1.54, 1.807) is 17.8 Å². The zero-order valence-electron chi connectivity index (χ0n) is 12.8. The molecule has 0 saturated carbocycles. The fraction of sp³-hybridized carbons (Fsp3) is 0.375. The molecule has 1 aromatic carbocycles. The van der Waals surface area contributed by atoms with Gasteiger partial charge >= 0.3 is 5.97 Å². The molecule has 1 aromatic rings. The lowest BCUT2D eigenvalue weighted by Crippen LogP contribution is -2.42. The maximum atomic E-state index is 11.5. The van der Waals surface area contributed by atoms with E-state index in [9.17, 15) is 9.59 Å². The van der Waals surface area contributed by atoms with E-state index in [2.05, 4.69) is 5.32 Å². The minimum atomic E-state index is -0.534. The molecule has 0 atom stereocenters. The monoisotopic (exact) mass is 307 g/mol. The number of rotatable bonds is 5. The molecule has 4 nitrogen and oxygen atoms in total. The van der Waals surface area contributed by atoms with E-state index in [1.165, 1.54) is 6.08 Å². The highest BCUT2D eigenvalue weighted by Crippen LogP contribution is 2.15. The van der Waals surface area contributed by atoms with Crippen LogP contribution in [0.2, 0.25) is 0 Å². The summed E-state index contributed by atoms with van der Waals surface area (Å²) in [4.78, 5) is 24.2. The number of esters is 1. The summed E-state index contributed by atoms with van der Waals surface area (Å²) in [6.45, 7) is 5.33. The van der Waals surface area contributed by atoms with E-state index >= 15 is 0 Å².